The summed E-state index contributed by atoms with van der Waals surface area (Å²) in [6.45, 7) is 0. The van der Waals surface area contributed by atoms with Crippen LogP contribution in [0.15, 0.2) is 22.6 Å². The van der Waals surface area contributed by atoms with Crippen LogP contribution >= 0.6 is 0 Å². The molecule has 2 fully saturated rings. The van der Waals surface area contributed by atoms with Gasteiger partial charge in [0.15, 0.2) is 11.1 Å². The summed E-state index contributed by atoms with van der Waals surface area (Å²) in [4.78, 5) is 17.2. The van der Waals surface area contributed by atoms with Crippen molar-refractivity contribution < 1.29 is 9.34 Å². The van der Waals surface area contributed by atoms with Crippen molar-refractivity contribution in [2.24, 2.45) is 5.73 Å². The zero-order valence-electron chi connectivity index (χ0n) is 11.4. The summed E-state index contributed by atoms with van der Waals surface area (Å²) in [6, 6.07) is 6.20. The summed E-state index contributed by atoms with van der Waals surface area (Å²) in [6.07, 6.45) is 4.02. The van der Waals surface area contributed by atoms with Crippen molar-refractivity contribution in [1.29, 1.82) is 0 Å². The predicted molar refractivity (Wildman–Crippen MR) is 77.2 cm³/mol. The van der Waals surface area contributed by atoms with Crippen LogP contribution < -0.4 is 10.6 Å². The maximum absolute atomic E-state index is 11.1. The molecule has 2 saturated heterocycles. The van der Waals surface area contributed by atoms with Gasteiger partial charge in [-0.3, -0.25) is 10.1 Å². The second kappa shape index (κ2) is 4.42. The molecule has 110 valence electrons. The van der Waals surface area contributed by atoms with Crippen LogP contribution in [0.5, 0.6) is 0 Å². The number of fused-ring (bicyclic) bond motifs is 3. The highest BCUT2D eigenvalue weighted by molar-refractivity contribution is 5.84. The molecule has 2 N–H and O–H groups in total. The monoisotopic (exact) mass is 288 g/mol. The molecule has 1 aromatic carbocycles. The van der Waals surface area contributed by atoms with Gasteiger partial charge in [-0.15, -0.1) is 0 Å². The van der Waals surface area contributed by atoms with Crippen molar-refractivity contribution in [3.63, 3.8) is 0 Å². The highest BCUT2D eigenvalue weighted by Gasteiger charge is 2.42. The van der Waals surface area contributed by atoms with E-state index in [1.54, 1.807) is 12.1 Å². The number of hydrogen-bond acceptors (Lipinski definition) is 6. The maximum atomic E-state index is 11.1. The van der Waals surface area contributed by atoms with Crippen LogP contribution in [0.1, 0.15) is 25.7 Å². The fourth-order valence-electron chi connectivity index (χ4n) is 3.71. The van der Waals surface area contributed by atoms with Crippen LogP contribution in [-0.4, -0.2) is 28.0 Å². The number of rotatable bonds is 2. The molecule has 2 aliphatic rings. The first-order chi connectivity index (χ1) is 10.1. The Balaban J connectivity index is 1.78. The lowest BCUT2D eigenvalue weighted by Gasteiger charge is -2.36. The van der Waals surface area contributed by atoms with Crippen molar-refractivity contribution in [2.45, 2.75) is 43.8 Å². The van der Waals surface area contributed by atoms with Crippen LogP contribution in [0.2, 0.25) is 0 Å². The van der Waals surface area contributed by atoms with E-state index in [4.69, 9.17) is 10.2 Å². The number of aromatic nitrogens is 1. The smallest absolute Gasteiger partial charge is 0.299 e. The zero-order chi connectivity index (χ0) is 14.6. The Morgan fingerprint density at radius 1 is 1.33 bits per heavy atom. The quantitative estimate of drug-likeness (QED) is 0.672. The number of nitrogens with zero attached hydrogens (tertiary/aromatic N) is 3. The molecule has 2 atom stereocenters. The van der Waals surface area contributed by atoms with E-state index < -0.39 is 4.92 Å². The first-order valence-corrected chi connectivity index (χ1v) is 7.21. The van der Waals surface area contributed by atoms with E-state index in [1.807, 2.05) is 0 Å². The van der Waals surface area contributed by atoms with Crippen LogP contribution in [-0.2, 0) is 0 Å². The Labute approximate surface area is 120 Å². The molecule has 0 saturated carbocycles. The first-order valence-electron chi connectivity index (χ1n) is 7.21. The van der Waals surface area contributed by atoms with Gasteiger partial charge in [0.25, 0.3) is 11.7 Å². The molecule has 0 radical (unpaired) electrons. The topological polar surface area (TPSA) is 98.4 Å². The average Bonchev–Trinajstić information content (AvgIpc) is 2.97. The number of para-hydroxylation sites is 1. The molecule has 21 heavy (non-hydrogen) atoms. The maximum Gasteiger partial charge on any atom is 0.299 e. The fraction of sp³-hybridized carbons (Fsp3) is 0.500. The van der Waals surface area contributed by atoms with Gasteiger partial charge in [0.1, 0.15) is 0 Å². The molecule has 0 aliphatic carbocycles. The second-order valence-corrected chi connectivity index (χ2v) is 5.90. The Morgan fingerprint density at radius 2 is 2.05 bits per heavy atom. The largest absolute Gasteiger partial charge is 0.423 e. The highest BCUT2D eigenvalue weighted by Crippen LogP contribution is 2.40. The second-order valence-electron chi connectivity index (χ2n) is 5.90. The molecular weight excluding hydrogens is 272 g/mol. The lowest BCUT2D eigenvalue weighted by molar-refractivity contribution is -0.383. The number of benzene rings is 1. The van der Waals surface area contributed by atoms with Crippen molar-refractivity contribution in [3.05, 3.63) is 28.3 Å². The van der Waals surface area contributed by atoms with E-state index >= 15 is 0 Å². The van der Waals surface area contributed by atoms with E-state index in [0.29, 0.717) is 29.2 Å². The molecule has 0 amide bonds. The molecule has 7 heteroatoms. The summed E-state index contributed by atoms with van der Waals surface area (Å²) in [5.74, 6) is 0. The molecule has 4 rings (SSSR count). The van der Waals surface area contributed by atoms with Gasteiger partial charge in [0.2, 0.25) is 0 Å². The highest BCUT2D eigenvalue weighted by atomic mass is 16.6. The normalized spacial score (nSPS) is 28.2. The van der Waals surface area contributed by atoms with Gasteiger partial charge in [0.05, 0.1) is 4.92 Å². The van der Waals surface area contributed by atoms with Crippen molar-refractivity contribution in [2.75, 3.05) is 4.90 Å². The predicted octanol–water partition coefficient (Wildman–Crippen LogP) is 2.19. The molecule has 2 bridgehead atoms. The number of nitrogens with two attached hydrogens (primary N) is 1. The molecule has 3 heterocycles. The van der Waals surface area contributed by atoms with Gasteiger partial charge in [-0.25, -0.2) is 0 Å². The lowest BCUT2D eigenvalue weighted by atomic mass is 9.99. The molecule has 2 unspecified atom stereocenters. The third kappa shape index (κ3) is 1.88. The van der Waals surface area contributed by atoms with Crippen LogP contribution in [0.4, 0.5) is 11.7 Å². The number of nitro benzene ring substituents is 1. The summed E-state index contributed by atoms with van der Waals surface area (Å²) in [5.41, 5.74) is 6.85. The third-order valence-corrected chi connectivity index (χ3v) is 4.57. The lowest BCUT2D eigenvalue weighted by Crippen LogP contribution is -2.47. The molecule has 0 spiro atoms. The first kappa shape index (κ1) is 12.6. The number of piperidine rings is 1. The number of oxazole rings is 1. The number of non-ortho nitro benzene ring substituents is 1. The molecule has 2 aromatic rings. The molecule has 1 aromatic heterocycles. The van der Waals surface area contributed by atoms with E-state index in [1.165, 1.54) is 6.07 Å². The average molecular weight is 288 g/mol. The summed E-state index contributed by atoms with van der Waals surface area (Å²) in [5, 5.41) is 11.1. The van der Waals surface area contributed by atoms with Gasteiger partial charge >= 0.3 is 0 Å². The van der Waals surface area contributed by atoms with Crippen molar-refractivity contribution >= 4 is 22.8 Å². The van der Waals surface area contributed by atoms with Crippen molar-refractivity contribution in [3.8, 4) is 0 Å². The molecular formula is C14H16N4O3. The summed E-state index contributed by atoms with van der Waals surface area (Å²) < 4.78 is 5.78. The van der Waals surface area contributed by atoms with Gasteiger partial charge in [-0.1, -0.05) is 6.07 Å². The zero-order valence-corrected chi connectivity index (χ0v) is 11.4. The SMILES string of the molecule is NC1CC2CCC(C1)N2c1nc2c([N+](=O)[O-])cccc2o1. The molecule has 7 nitrogen and oxygen atoms in total. The van der Waals surface area contributed by atoms with Gasteiger partial charge in [-0.05, 0) is 31.7 Å². The Morgan fingerprint density at radius 3 is 2.71 bits per heavy atom. The Hall–Kier alpha value is -2.15. The van der Waals surface area contributed by atoms with E-state index in [0.717, 1.165) is 25.7 Å². The van der Waals surface area contributed by atoms with E-state index in [9.17, 15) is 10.1 Å². The minimum atomic E-state index is -0.421. The van der Waals surface area contributed by atoms with Gasteiger partial charge in [-0.2, -0.15) is 4.98 Å². The fourth-order valence-corrected chi connectivity index (χ4v) is 3.71. The van der Waals surface area contributed by atoms with Crippen LogP contribution in [0, 0.1) is 10.1 Å². The van der Waals surface area contributed by atoms with E-state index in [-0.39, 0.29) is 11.7 Å². The minimum absolute atomic E-state index is 0.0106. The van der Waals surface area contributed by atoms with Gasteiger partial charge in [0, 0.05) is 24.2 Å². The third-order valence-electron chi connectivity index (χ3n) is 4.57. The minimum Gasteiger partial charge on any atom is -0.423 e. The van der Waals surface area contributed by atoms with E-state index in [2.05, 4.69) is 9.88 Å². The summed E-state index contributed by atoms with van der Waals surface area (Å²) >= 11 is 0. The number of nitro groups is 1. The Kier molecular flexibility index (Phi) is 2.65. The summed E-state index contributed by atoms with van der Waals surface area (Å²) in [7, 11) is 0. The Bertz CT molecular complexity index is 699. The van der Waals surface area contributed by atoms with Crippen molar-refractivity contribution in [1.82, 2.24) is 4.98 Å². The standard InChI is InChI=1S/C14H16N4O3/c15-8-6-9-4-5-10(7-8)17(9)14-16-13-11(18(19)20)2-1-3-12(13)21-14/h1-3,8-10H,4-7,15H2. The van der Waals surface area contributed by atoms with Crippen LogP contribution in [0.3, 0.4) is 0 Å². The van der Waals surface area contributed by atoms with Crippen LogP contribution in [0.25, 0.3) is 11.1 Å². The number of anilines is 1. The number of hydrogen-bond donors (Lipinski definition) is 1. The molecule has 2 aliphatic heterocycles. The van der Waals surface area contributed by atoms with Gasteiger partial charge < -0.3 is 15.1 Å².